The van der Waals surface area contributed by atoms with Gasteiger partial charge in [0.05, 0.1) is 12.5 Å². The Morgan fingerprint density at radius 3 is 2.34 bits per heavy atom. The monoisotopic (exact) mass is 399 g/mol. The lowest BCUT2D eigenvalue weighted by Gasteiger charge is -2.44. The van der Waals surface area contributed by atoms with Crippen molar-refractivity contribution in [2.75, 3.05) is 45.9 Å². The van der Waals surface area contributed by atoms with Crippen LogP contribution in [-0.2, 0) is 17.6 Å². The Balaban J connectivity index is 1.28. The van der Waals surface area contributed by atoms with Crippen molar-refractivity contribution in [2.45, 2.75) is 57.5 Å². The molecule has 0 radical (unpaired) electrons. The van der Waals surface area contributed by atoms with E-state index < -0.39 is 0 Å². The number of nitrogens with zero attached hydrogens (tertiary/aromatic N) is 3. The zero-order valence-corrected chi connectivity index (χ0v) is 17.9. The first-order valence-electron chi connectivity index (χ1n) is 11.6. The van der Waals surface area contributed by atoms with Crippen molar-refractivity contribution < 1.29 is 9.90 Å². The number of carbonyl (C=O) groups is 1. The van der Waals surface area contributed by atoms with E-state index in [4.69, 9.17) is 0 Å². The summed E-state index contributed by atoms with van der Waals surface area (Å²) in [6, 6.07) is 10.2. The van der Waals surface area contributed by atoms with Crippen LogP contribution in [0.5, 0.6) is 0 Å². The molecule has 1 aromatic rings. The third-order valence-corrected chi connectivity index (χ3v) is 7.43. The van der Waals surface area contributed by atoms with Crippen molar-refractivity contribution >= 4 is 5.91 Å². The van der Waals surface area contributed by atoms with Crippen LogP contribution in [-0.4, -0.2) is 83.7 Å². The van der Waals surface area contributed by atoms with Crippen molar-refractivity contribution in [1.82, 2.24) is 14.7 Å². The molecule has 3 aliphatic rings. The number of aliphatic hydroxyl groups is 1. The van der Waals surface area contributed by atoms with Gasteiger partial charge in [-0.05, 0) is 76.2 Å². The van der Waals surface area contributed by atoms with Gasteiger partial charge in [0.1, 0.15) is 0 Å². The second-order valence-corrected chi connectivity index (χ2v) is 9.07. The number of benzene rings is 1. The third-order valence-electron chi connectivity index (χ3n) is 7.43. The van der Waals surface area contributed by atoms with E-state index in [-0.39, 0.29) is 18.4 Å². The highest BCUT2D eigenvalue weighted by molar-refractivity contribution is 5.79. The number of likely N-dealkylation sites (tertiary alicyclic amines) is 2. The molecule has 0 bridgehead atoms. The van der Waals surface area contributed by atoms with Gasteiger partial charge < -0.3 is 10.0 Å². The number of amides is 1. The molecule has 1 aliphatic carbocycles. The first-order chi connectivity index (χ1) is 14.2. The van der Waals surface area contributed by atoms with E-state index in [1.54, 1.807) is 11.1 Å². The second-order valence-electron chi connectivity index (χ2n) is 9.07. The van der Waals surface area contributed by atoms with Gasteiger partial charge in [-0.3, -0.25) is 14.6 Å². The van der Waals surface area contributed by atoms with Crippen molar-refractivity contribution in [3.05, 3.63) is 35.4 Å². The van der Waals surface area contributed by atoms with Gasteiger partial charge in [-0.1, -0.05) is 24.3 Å². The highest BCUT2D eigenvalue weighted by Gasteiger charge is 2.35. The number of fused-ring (bicyclic) bond motifs is 1. The molecular weight excluding hydrogens is 362 g/mol. The number of likely N-dealkylation sites (N-methyl/N-ethyl adjacent to an activating group) is 1. The molecule has 1 aromatic carbocycles. The lowest BCUT2D eigenvalue weighted by molar-refractivity contribution is -0.138. The third kappa shape index (κ3) is 4.68. The van der Waals surface area contributed by atoms with E-state index >= 15 is 0 Å². The lowest BCUT2D eigenvalue weighted by atomic mass is 9.92. The van der Waals surface area contributed by atoms with Gasteiger partial charge >= 0.3 is 0 Å². The average Bonchev–Trinajstić information content (AvgIpc) is 3.21. The number of aliphatic hydroxyl groups excluding tert-OH is 1. The fourth-order valence-electron chi connectivity index (χ4n) is 5.75. The first kappa shape index (κ1) is 20.8. The Labute approximate surface area is 175 Å². The normalized spacial score (nSPS) is 24.6. The molecule has 2 saturated heterocycles. The number of hydrogen-bond acceptors (Lipinski definition) is 4. The molecule has 0 unspecified atom stereocenters. The van der Waals surface area contributed by atoms with Crippen LogP contribution in [0.1, 0.15) is 43.7 Å². The SMILES string of the molecule is CCN(CCO)C(=O)[C@H]1CCCN(C2CCN(C3Cc4ccccc4C3)CC2)C1. The predicted octanol–water partition coefficient (Wildman–Crippen LogP) is 2.17. The maximum Gasteiger partial charge on any atom is 0.227 e. The smallest absolute Gasteiger partial charge is 0.227 e. The Bertz CT molecular complexity index is 661. The van der Waals surface area contributed by atoms with Gasteiger partial charge in [-0.25, -0.2) is 0 Å². The Morgan fingerprint density at radius 2 is 1.72 bits per heavy atom. The Morgan fingerprint density at radius 1 is 1.03 bits per heavy atom. The largest absolute Gasteiger partial charge is 0.395 e. The van der Waals surface area contributed by atoms with Crippen molar-refractivity contribution in [2.24, 2.45) is 5.92 Å². The summed E-state index contributed by atoms with van der Waals surface area (Å²) in [5, 5.41) is 9.23. The Kier molecular flexibility index (Phi) is 6.88. The lowest BCUT2D eigenvalue weighted by Crippen LogP contribution is -2.52. The van der Waals surface area contributed by atoms with E-state index in [1.807, 2.05) is 11.8 Å². The van der Waals surface area contributed by atoms with Crippen molar-refractivity contribution in [3.8, 4) is 0 Å². The standard InChI is InChI=1S/C24H37N3O2/c1-2-25(14-15-28)24(29)21-8-5-11-27(18-21)22-9-12-26(13-10-22)23-16-19-6-3-4-7-20(19)17-23/h3-4,6-7,21-23,28H,2,5,8-18H2,1H3/t21-/m0/s1. The highest BCUT2D eigenvalue weighted by Crippen LogP contribution is 2.30. The van der Waals surface area contributed by atoms with Crippen LogP contribution in [0.2, 0.25) is 0 Å². The summed E-state index contributed by atoms with van der Waals surface area (Å²) in [4.78, 5) is 20.0. The molecule has 0 spiro atoms. The zero-order chi connectivity index (χ0) is 20.2. The first-order valence-corrected chi connectivity index (χ1v) is 11.6. The molecule has 1 amide bonds. The molecule has 5 heteroatoms. The summed E-state index contributed by atoms with van der Waals surface area (Å²) >= 11 is 0. The van der Waals surface area contributed by atoms with Crippen LogP contribution in [0.15, 0.2) is 24.3 Å². The van der Waals surface area contributed by atoms with Crippen LogP contribution in [0.25, 0.3) is 0 Å². The molecule has 0 saturated carbocycles. The zero-order valence-electron chi connectivity index (χ0n) is 17.9. The molecule has 1 N–H and O–H groups in total. The van der Waals surface area contributed by atoms with Gasteiger partial charge in [0.2, 0.25) is 5.91 Å². The second kappa shape index (κ2) is 9.59. The molecule has 29 heavy (non-hydrogen) atoms. The summed E-state index contributed by atoms with van der Waals surface area (Å²) in [6.07, 6.45) is 6.98. The quantitative estimate of drug-likeness (QED) is 0.796. The molecular formula is C24H37N3O2. The summed E-state index contributed by atoms with van der Waals surface area (Å²) in [7, 11) is 0. The average molecular weight is 400 g/mol. The van der Waals surface area contributed by atoms with E-state index in [0.29, 0.717) is 25.2 Å². The van der Waals surface area contributed by atoms with E-state index in [9.17, 15) is 9.90 Å². The van der Waals surface area contributed by atoms with Crippen molar-refractivity contribution in [1.29, 1.82) is 0 Å². The van der Waals surface area contributed by atoms with E-state index in [1.165, 1.54) is 38.8 Å². The molecule has 1 atom stereocenters. The van der Waals surface area contributed by atoms with Gasteiger partial charge in [0.25, 0.3) is 0 Å². The van der Waals surface area contributed by atoms with Crippen LogP contribution >= 0.6 is 0 Å². The minimum Gasteiger partial charge on any atom is -0.395 e. The van der Waals surface area contributed by atoms with Crippen molar-refractivity contribution in [3.63, 3.8) is 0 Å². The number of rotatable bonds is 6. The molecule has 4 rings (SSSR count). The van der Waals surface area contributed by atoms with Gasteiger partial charge in [-0.2, -0.15) is 0 Å². The number of hydrogen-bond donors (Lipinski definition) is 1. The topological polar surface area (TPSA) is 47.0 Å². The van der Waals surface area contributed by atoms with Crippen LogP contribution in [0, 0.1) is 5.92 Å². The van der Waals surface area contributed by atoms with Crippen LogP contribution < -0.4 is 0 Å². The summed E-state index contributed by atoms with van der Waals surface area (Å²) in [5.74, 6) is 0.352. The predicted molar refractivity (Wildman–Crippen MR) is 116 cm³/mol. The number of piperidine rings is 2. The molecule has 5 nitrogen and oxygen atoms in total. The highest BCUT2D eigenvalue weighted by atomic mass is 16.3. The maximum atomic E-state index is 12.9. The molecule has 2 aliphatic heterocycles. The fourth-order valence-corrected chi connectivity index (χ4v) is 5.75. The van der Waals surface area contributed by atoms with Gasteiger partial charge in [-0.15, -0.1) is 0 Å². The summed E-state index contributed by atoms with van der Waals surface area (Å²) < 4.78 is 0. The van der Waals surface area contributed by atoms with Gasteiger partial charge in [0.15, 0.2) is 0 Å². The minimum atomic E-state index is 0.0551. The van der Waals surface area contributed by atoms with Crippen LogP contribution in [0.4, 0.5) is 0 Å². The number of carbonyl (C=O) groups excluding carboxylic acids is 1. The minimum absolute atomic E-state index is 0.0551. The molecule has 2 heterocycles. The van der Waals surface area contributed by atoms with Gasteiger partial charge in [0, 0.05) is 31.7 Å². The molecule has 2 fully saturated rings. The fraction of sp³-hybridized carbons (Fsp3) is 0.708. The maximum absolute atomic E-state index is 12.9. The van der Waals surface area contributed by atoms with E-state index in [2.05, 4.69) is 34.1 Å². The summed E-state index contributed by atoms with van der Waals surface area (Å²) in [5.41, 5.74) is 3.08. The summed E-state index contributed by atoms with van der Waals surface area (Å²) in [6.45, 7) is 7.63. The molecule has 160 valence electrons. The van der Waals surface area contributed by atoms with Crippen LogP contribution in [0.3, 0.4) is 0 Å². The Hall–Kier alpha value is -1.43. The molecule has 0 aromatic heterocycles. The van der Waals surface area contributed by atoms with E-state index in [0.717, 1.165) is 25.9 Å².